The van der Waals surface area contributed by atoms with E-state index >= 15 is 0 Å². The van der Waals surface area contributed by atoms with Gasteiger partial charge in [0, 0.05) is 5.39 Å². The molecule has 1 aromatic heterocycles. The van der Waals surface area contributed by atoms with E-state index in [1.807, 2.05) is 18.2 Å². The lowest BCUT2D eigenvalue weighted by Crippen LogP contribution is -2.16. The highest BCUT2D eigenvalue weighted by atomic mass is 19.1. The lowest BCUT2D eigenvalue weighted by atomic mass is 10.2. The number of fused-ring (bicyclic) bond motifs is 1. The molecular weight excluding hydrogens is 271 g/mol. The Balaban J connectivity index is 1.79. The van der Waals surface area contributed by atoms with Gasteiger partial charge in [-0.15, -0.1) is 0 Å². The summed E-state index contributed by atoms with van der Waals surface area (Å²) in [7, 11) is 0. The number of hydrogen-bond donors (Lipinski definition) is 0. The standard InChI is InChI=1S/C16H13FN2O2/c17-13-6-2-4-8-16(13)21-10-9-19-14-7-3-1-5-12(14)15(20)11-18-19/h1-8,11H,9-10H2. The van der Waals surface area contributed by atoms with Gasteiger partial charge in [-0.1, -0.05) is 24.3 Å². The predicted molar refractivity (Wildman–Crippen MR) is 77.9 cm³/mol. The van der Waals surface area contributed by atoms with Gasteiger partial charge in [0.05, 0.1) is 18.3 Å². The van der Waals surface area contributed by atoms with Crippen molar-refractivity contribution in [2.24, 2.45) is 0 Å². The molecule has 106 valence electrons. The maximum atomic E-state index is 13.4. The van der Waals surface area contributed by atoms with Crippen LogP contribution in [-0.2, 0) is 6.54 Å². The highest BCUT2D eigenvalue weighted by molar-refractivity contribution is 5.77. The summed E-state index contributed by atoms with van der Waals surface area (Å²) in [5.74, 6) is -0.182. The van der Waals surface area contributed by atoms with Gasteiger partial charge in [0.25, 0.3) is 0 Å². The molecule has 0 aliphatic rings. The van der Waals surface area contributed by atoms with E-state index in [9.17, 15) is 9.18 Å². The summed E-state index contributed by atoms with van der Waals surface area (Å²) >= 11 is 0. The molecule has 2 aromatic carbocycles. The van der Waals surface area contributed by atoms with Crippen LogP contribution in [-0.4, -0.2) is 16.4 Å². The molecule has 0 N–H and O–H groups in total. The molecule has 0 saturated carbocycles. The largest absolute Gasteiger partial charge is 0.489 e. The lowest BCUT2D eigenvalue weighted by Gasteiger charge is -2.10. The quantitative estimate of drug-likeness (QED) is 0.739. The van der Waals surface area contributed by atoms with E-state index in [4.69, 9.17) is 4.74 Å². The maximum Gasteiger partial charge on any atom is 0.207 e. The van der Waals surface area contributed by atoms with Crippen LogP contribution in [0, 0.1) is 5.82 Å². The topological polar surface area (TPSA) is 44.1 Å². The van der Waals surface area contributed by atoms with Gasteiger partial charge >= 0.3 is 0 Å². The van der Waals surface area contributed by atoms with Gasteiger partial charge in [0.2, 0.25) is 5.43 Å². The zero-order valence-electron chi connectivity index (χ0n) is 11.2. The first kappa shape index (κ1) is 13.3. The van der Waals surface area contributed by atoms with E-state index in [1.165, 1.54) is 12.3 Å². The Bertz CT molecular complexity index is 830. The summed E-state index contributed by atoms with van der Waals surface area (Å²) in [5.41, 5.74) is 0.624. The minimum atomic E-state index is -0.393. The van der Waals surface area contributed by atoms with Crippen molar-refractivity contribution in [3.8, 4) is 5.75 Å². The minimum absolute atomic E-state index is 0.114. The molecule has 0 saturated heterocycles. The van der Waals surface area contributed by atoms with Crippen LogP contribution in [0.4, 0.5) is 4.39 Å². The Morgan fingerprint density at radius 1 is 1.10 bits per heavy atom. The summed E-state index contributed by atoms with van der Waals surface area (Å²) in [6, 6.07) is 13.5. The highest BCUT2D eigenvalue weighted by Crippen LogP contribution is 2.15. The number of para-hydroxylation sites is 2. The average molecular weight is 284 g/mol. The third-order valence-corrected chi connectivity index (χ3v) is 3.16. The fourth-order valence-corrected chi connectivity index (χ4v) is 2.14. The fraction of sp³-hybridized carbons (Fsp3) is 0.125. The Hall–Kier alpha value is -2.69. The Labute approximate surface area is 120 Å². The summed E-state index contributed by atoms with van der Waals surface area (Å²) in [4.78, 5) is 11.7. The Morgan fingerprint density at radius 3 is 2.71 bits per heavy atom. The SMILES string of the molecule is O=c1cnn(CCOc2ccccc2F)c2ccccc12. The van der Waals surface area contributed by atoms with Gasteiger partial charge < -0.3 is 4.74 Å². The van der Waals surface area contributed by atoms with Gasteiger partial charge in [0.15, 0.2) is 11.6 Å². The lowest BCUT2D eigenvalue weighted by molar-refractivity contribution is 0.279. The molecule has 5 heteroatoms. The first-order chi connectivity index (χ1) is 10.3. The molecule has 0 aliphatic carbocycles. The molecule has 0 atom stereocenters. The van der Waals surface area contributed by atoms with Crippen molar-refractivity contribution in [3.05, 3.63) is 70.8 Å². The number of rotatable bonds is 4. The molecule has 0 unspecified atom stereocenters. The first-order valence-corrected chi connectivity index (χ1v) is 6.58. The molecule has 0 amide bonds. The average Bonchev–Trinajstić information content (AvgIpc) is 2.52. The zero-order valence-corrected chi connectivity index (χ0v) is 11.2. The van der Waals surface area contributed by atoms with Crippen LogP contribution in [0.25, 0.3) is 10.9 Å². The van der Waals surface area contributed by atoms with Crippen LogP contribution in [0.3, 0.4) is 0 Å². The van der Waals surface area contributed by atoms with Crippen molar-refractivity contribution in [1.29, 1.82) is 0 Å². The van der Waals surface area contributed by atoms with Gasteiger partial charge in [0.1, 0.15) is 6.61 Å². The van der Waals surface area contributed by atoms with E-state index in [0.29, 0.717) is 11.9 Å². The maximum absolute atomic E-state index is 13.4. The van der Waals surface area contributed by atoms with Crippen molar-refractivity contribution < 1.29 is 9.13 Å². The molecule has 3 aromatic rings. The second-order valence-electron chi connectivity index (χ2n) is 4.53. The normalized spacial score (nSPS) is 10.7. The number of halogens is 1. The molecule has 4 nitrogen and oxygen atoms in total. The van der Waals surface area contributed by atoms with Crippen molar-refractivity contribution in [2.75, 3.05) is 6.61 Å². The second kappa shape index (κ2) is 5.75. The summed E-state index contributed by atoms with van der Waals surface area (Å²) in [6.45, 7) is 0.690. The van der Waals surface area contributed by atoms with Crippen molar-refractivity contribution in [3.63, 3.8) is 0 Å². The summed E-state index contributed by atoms with van der Waals surface area (Å²) in [5, 5.41) is 4.70. The third-order valence-electron chi connectivity index (χ3n) is 3.16. The Morgan fingerprint density at radius 2 is 1.86 bits per heavy atom. The summed E-state index contributed by atoms with van der Waals surface area (Å²) < 4.78 is 20.5. The van der Waals surface area contributed by atoms with E-state index in [0.717, 1.165) is 5.52 Å². The molecule has 0 aliphatic heterocycles. The molecule has 0 bridgehead atoms. The number of hydrogen-bond acceptors (Lipinski definition) is 3. The van der Waals surface area contributed by atoms with Crippen molar-refractivity contribution in [2.45, 2.75) is 6.54 Å². The second-order valence-corrected chi connectivity index (χ2v) is 4.53. The van der Waals surface area contributed by atoms with Gasteiger partial charge in [-0.25, -0.2) is 4.39 Å². The monoisotopic (exact) mass is 284 g/mol. The highest BCUT2D eigenvalue weighted by Gasteiger charge is 2.05. The van der Waals surface area contributed by atoms with Gasteiger partial charge in [-0.2, -0.15) is 5.10 Å². The van der Waals surface area contributed by atoms with Crippen molar-refractivity contribution in [1.82, 2.24) is 9.78 Å². The Kier molecular flexibility index (Phi) is 3.64. The molecule has 21 heavy (non-hydrogen) atoms. The number of benzene rings is 2. The van der Waals surface area contributed by atoms with Gasteiger partial charge in [-0.3, -0.25) is 9.48 Å². The molecule has 3 rings (SSSR count). The number of nitrogens with zero attached hydrogens (tertiary/aromatic N) is 2. The van der Waals surface area contributed by atoms with Gasteiger partial charge in [-0.05, 0) is 24.3 Å². The minimum Gasteiger partial charge on any atom is -0.489 e. The molecule has 0 spiro atoms. The van der Waals surface area contributed by atoms with Crippen molar-refractivity contribution >= 4 is 10.9 Å². The van der Waals surface area contributed by atoms with E-state index in [2.05, 4.69) is 5.10 Å². The van der Waals surface area contributed by atoms with E-state index in [-0.39, 0.29) is 17.8 Å². The van der Waals surface area contributed by atoms with Crippen LogP contribution in [0.2, 0.25) is 0 Å². The smallest absolute Gasteiger partial charge is 0.207 e. The van der Waals surface area contributed by atoms with Crippen LogP contribution < -0.4 is 10.2 Å². The molecule has 0 fully saturated rings. The van der Waals surface area contributed by atoms with Crippen LogP contribution >= 0.6 is 0 Å². The molecular formula is C16H13FN2O2. The van der Waals surface area contributed by atoms with Crippen LogP contribution in [0.15, 0.2) is 59.5 Å². The number of aromatic nitrogens is 2. The fourth-order valence-electron chi connectivity index (χ4n) is 2.14. The molecule has 0 radical (unpaired) electrons. The number of ether oxygens (including phenoxy) is 1. The van der Waals surface area contributed by atoms with E-state index < -0.39 is 5.82 Å². The third kappa shape index (κ3) is 2.76. The molecule has 1 heterocycles. The predicted octanol–water partition coefficient (Wildman–Crippen LogP) is 2.61. The first-order valence-electron chi connectivity index (χ1n) is 6.58. The van der Waals surface area contributed by atoms with Crippen LogP contribution in [0.1, 0.15) is 0 Å². The zero-order chi connectivity index (χ0) is 14.7. The summed E-state index contributed by atoms with van der Waals surface area (Å²) in [6.07, 6.45) is 1.28. The van der Waals surface area contributed by atoms with E-state index in [1.54, 1.807) is 28.9 Å². The van der Waals surface area contributed by atoms with Crippen LogP contribution in [0.5, 0.6) is 5.75 Å².